The lowest BCUT2D eigenvalue weighted by Crippen LogP contribution is -2.39. The van der Waals surface area contributed by atoms with Gasteiger partial charge in [0.2, 0.25) is 5.91 Å². The van der Waals surface area contributed by atoms with Gasteiger partial charge in [-0.05, 0) is 25.0 Å². The van der Waals surface area contributed by atoms with Gasteiger partial charge in [-0.25, -0.2) is 4.79 Å². The number of carboxylic acid groups (broad SMARTS) is 1. The smallest absolute Gasteiger partial charge is 0.326 e. The molecule has 0 aliphatic carbocycles. The van der Waals surface area contributed by atoms with Gasteiger partial charge in [-0.1, -0.05) is 12.1 Å². The van der Waals surface area contributed by atoms with Gasteiger partial charge in [0.05, 0.1) is 14.2 Å². The van der Waals surface area contributed by atoms with Crippen LogP contribution in [0.1, 0.15) is 18.4 Å². The molecule has 1 aromatic carbocycles. The third-order valence-corrected chi connectivity index (χ3v) is 3.66. The molecule has 6 nitrogen and oxygen atoms in total. The first-order valence-electron chi connectivity index (χ1n) is 7.01. The zero-order valence-electron chi connectivity index (χ0n) is 12.6. The van der Waals surface area contributed by atoms with Crippen molar-refractivity contribution in [1.29, 1.82) is 0 Å². The van der Waals surface area contributed by atoms with Crippen LogP contribution in [0.5, 0.6) is 11.5 Å². The molecular formula is C16H19NO5. The van der Waals surface area contributed by atoms with Gasteiger partial charge in [0.1, 0.15) is 6.04 Å². The zero-order chi connectivity index (χ0) is 16.1. The highest BCUT2D eigenvalue weighted by Crippen LogP contribution is 2.31. The van der Waals surface area contributed by atoms with Crippen LogP contribution in [0.15, 0.2) is 24.3 Å². The standard InChI is InChI=1S/C16H19NO5/c1-21-13-7-3-5-11(15(13)22-2)8-9-14(18)17-10-4-6-12(17)16(19)20/h3,5,7-9,12H,4,6,10H2,1-2H3,(H,19,20)/b9-8+. The lowest BCUT2D eigenvalue weighted by atomic mass is 10.1. The predicted molar refractivity (Wildman–Crippen MR) is 81.0 cm³/mol. The number of hydrogen-bond donors (Lipinski definition) is 1. The predicted octanol–water partition coefficient (Wildman–Crippen LogP) is 1.79. The number of amides is 1. The monoisotopic (exact) mass is 305 g/mol. The highest BCUT2D eigenvalue weighted by molar-refractivity contribution is 5.95. The fraction of sp³-hybridized carbons (Fsp3) is 0.375. The number of nitrogens with zero attached hydrogens (tertiary/aromatic N) is 1. The summed E-state index contributed by atoms with van der Waals surface area (Å²) in [5.41, 5.74) is 0.696. The number of aliphatic carboxylic acids is 1. The van der Waals surface area contributed by atoms with Gasteiger partial charge in [-0.15, -0.1) is 0 Å². The summed E-state index contributed by atoms with van der Waals surface area (Å²) in [6, 6.07) is 4.62. The van der Waals surface area contributed by atoms with Crippen molar-refractivity contribution in [2.45, 2.75) is 18.9 Å². The van der Waals surface area contributed by atoms with Gasteiger partial charge in [-0.2, -0.15) is 0 Å². The second-order valence-electron chi connectivity index (χ2n) is 4.94. The molecule has 0 saturated carbocycles. The Labute approximate surface area is 128 Å². The van der Waals surface area contributed by atoms with Gasteiger partial charge >= 0.3 is 5.97 Å². The molecule has 0 aromatic heterocycles. The van der Waals surface area contributed by atoms with Crippen LogP contribution in [0, 0.1) is 0 Å². The fourth-order valence-electron chi connectivity index (χ4n) is 2.59. The lowest BCUT2D eigenvalue weighted by Gasteiger charge is -2.19. The highest BCUT2D eigenvalue weighted by atomic mass is 16.5. The number of benzene rings is 1. The van der Waals surface area contributed by atoms with Crippen molar-refractivity contribution >= 4 is 18.0 Å². The zero-order valence-corrected chi connectivity index (χ0v) is 12.6. The summed E-state index contributed by atoms with van der Waals surface area (Å²) in [5.74, 6) is -0.167. The van der Waals surface area contributed by atoms with Crippen molar-refractivity contribution in [2.24, 2.45) is 0 Å². The number of hydrogen-bond acceptors (Lipinski definition) is 4. The minimum absolute atomic E-state index is 0.310. The molecule has 6 heteroatoms. The number of methoxy groups -OCH3 is 2. The van der Waals surface area contributed by atoms with E-state index in [1.54, 1.807) is 24.3 Å². The van der Waals surface area contributed by atoms with Crippen LogP contribution in [-0.4, -0.2) is 48.7 Å². The average molecular weight is 305 g/mol. The van der Waals surface area contributed by atoms with Gasteiger partial charge in [0, 0.05) is 18.2 Å². The van der Waals surface area contributed by atoms with Crippen LogP contribution in [0.3, 0.4) is 0 Å². The van der Waals surface area contributed by atoms with Gasteiger partial charge < -0.3 is 19.5 Å². The summed E-state index contributed by atoms with van der Waals surface area (Å²) in [4.78, 5) is 24.7. The summed E-state index contributed by atoms with van der Waals surface area (Å²) >= 11 is 0. The number of carbonyl (C=O) groups excluding carboxylic acids is 1. The first-order chi connectivity index (χ1) is 10.6. The minimum atomic E-state index is -0.960. The molecular weight excluding hydrogens is 286 g/mol. The molecule has 1 aliphatic rings. The molecule has 22 heavy (non-hydrogen) atoms. The molecule has 1 aromatic rings. The molecule has 1 fully saturated rings. The largest absolute Gasteiger partial charge is 0.493 e. The van der Waals surface area contributed by atoms with Gasteiger partial charge in [0.25, 0.3) is 0 Å². The summed E-state index contributed by atoms with van der Waals surface area (Å²) in [6.07, 6.45) is 4.19. The molecule has 1 atom stereocenters. The summed E-state index contributed by atoms with van der Waals surface area (Å²) in [6.45, 7) is 0.468. The SMILES string of the molecule is COc1cccc(/C=C/C(=O)N2CCCC2C(=O)O)c1OC. The van der Waals surface area contributed by atoms with E-state index in [2.05, 4.69) is 0 Å². The Kier molecular flexibility index (Phi) is 5.04. The molecule has 1 aliphatic heterocycles. The molecule has 1 heterocycles. The fourth-order valence-corrected chi connectivity index (χ4v) is 2.59. The van der Waals surface area contributed by atoms with E-state index >= 15 is 0 Å². The maximum absolute atomic E-state index is 12.2. The van der Waals surface area contributed by atoms with E-state index in [0.29, 0.717) is 36.4 Å². The number of ether oxygens (including phenoxy) is 2. The van der Waals surface area contributed by atoms with Crippen molar-refractivity contribution in [3.05, 3.63) is 29.8 Å². The van der Waals surface area contributed by atoms with Gasteiger partial charge in [-0.3, -0.25) is 4.79 Å². The van der Waals surface area contributed by atoms with E-state index in [9.17, 15) is 9.59 Å². The molecule has 0 spiro atoms. The van der Waals surface area contributed by atoms with Crippen molar-refractivity contribution in [1.82, 2.24) is 4.90 Å². The minimum Gasteiger partial charge on any atom is -0.493 e. The molecule has 2 rings (SSSR count). The van der Waals surface area contributed by atoms with Crippen molar-refractivity contribution in [2.75, 3.05) is 20.8 Å². The van der Waals surface area contributed by atoms with Crippen LogP contribution in [0.4, 0.5) is 0 Å². The Bertz CT molecular complexity index is 596. The third kappa shape index (κ3) is 3.21. The molecule has 1 N–H and O–H groups in total. The molecule has 0 radical (unpaired) electrons. The highest BCUT2D eigenvalue weighted by Gasteiger charge is 2.32. The second-order valence-corrected chi connectivity index (χ2v) is 4.94. The van der Waals surface area contributed by atoms with Crippen LogP contribution >= 0.6 is 0 Å². The Morgan fingerprint density at radius 3 is 2.73 bits per heavy atom. The second kappa shape index (κ2) is 6.98. The van der Waals surface area contributed by atoms with Crippen LogP contribution in [0.25, 0.3) is 6.08 Å². The van der Waals surface area contributed by atoms with E-state index in [1.807, 2.05) is 0 Å². The van der Waals surface area contributed by atoms with E-state index in [4.69, 9.17) is 14.6 Å². The Balaban J connectivity index is 2.18. The summed E-state index contributed by atoms with van der Waals surface area (Å²) in [5, 5.41) is 9.11. The van der Waals surface area contributed by atoms with E-state index in [0.717, 1.165) is 0 Å². The Morgan fingerprint density at radius 2 is 2.09 bits per heavy atom. The average Bonchev–Trinajstić information content (AvgIpc) is 3.01. The van der Waals surface area contributed by atoms with Crippen molar-refractivity contribution in [3.63, 3.8) is 0 Å². The van der Waals surface area contributed by atoms with Crippen molar-refractivity contribution < 1.29 is 24.2 Å². The Morgan fingerprint density at radius 1 is 1.32 bits per heavy atom. The summed E-state index contributed by atoms with van der Waals surface area (Å²) in [7, 11) is 3.07. The summed E-state index contributed by atoms with van der Waals surface area (Å²) < 4.78 is 10.5. The maximum Gasteiger partial charge on any atom is 0.326 e. The lowest BCUT2D eigenvalue weighted by molar-refractivity contribution is -0.146. The number of carboxylic acids is 1. The molecule has 1 amide bonds. The maximum atomic E-state index is 12.2. The third-order valence-electron chi connectivity index (χ3n) is 3.66. The Hall–Kier alpha value is -2.50. The van der Waals surface area contributed by atoms with Crippen molar-refractivity contribution in [3.8, 4) is 11.5 Å². The normalized spacial score (nSPS) is 17.7. The quantitative estimate of drug-likeness (QED) is 0.839. The molecule has 1 saturated heterocycles. The van der Waals surface area contributed by atoms with Crippen LogP contribution in [-0.2, 0) is 9.59 Å². The number of rotatable bonds is 5. The number of carbonyl (C=O) groups is 2. The number of para-hydroxylation sites is 1. The van der Waals surface area contributed by atoms with E-state index < -0.39 is 12.0 Å². The van der Waals surface area contributed by atoms with Crippen LogP contribution < -0.4 is 9.47 Å². The van der Waals surface area contributed by atoms with E-state index in [-0.39, 0.29) is 5.91 Å². The van der Waals surface area contributed by atoms with Gasteiger partial charge in [0.15, 0.2) is 11.5 Å². The molecule has 1 unspecified atom stereocenters. The van der Waals surface area contributed by atoms with E-state index in [1.165, 1.54) is 25.2 Å². The number of likely N-dealkylation sites (tertiary alicyclic amines) is 1. The molecule has 0 bridgehead atoms. The topological polar surface area (TPSA) is 76.1 Å². The first kappa shape index (κ1) is 15.9. The van der Waals surface area contributed by atoms with Crippen LogP contribution in [0.2, 0.25) is 0 Å². The first-order valence-corrected chi connectivity index (χ1v) is 7.01. The molecule has 118 valence electrons.